The minimum Gasteiger partial charge on any atom is -0.366 e. The van der Waals surface area contributed by atoms with E-state index in [1.54, 1.807) is 12.3 Å². The molecule has 0 aliphatic carbocycles. The summed E-state index contributed by atoms with van der Waals surface area (Å²) in [6, 6.07) is 7.73. The van der Waals surface area contributed by atoms with Crippen LogP contribution in [-0.4, -0.2) is 24.2 Å². The van der Waals surface area contributed by atoms with Crippen LogP contribution < -0.4 is 10.3 Å². The van der Waals surface area contributed by atoms with Crippen molar-refractivity contribution in [3.05, 3.63) is 50.7 Å². The topological polar surface area (TPSA) is 44.7 Å². The molecule has 1 aliphatic heterocycles. The molecule has 1 aliphatic rings. The van der Waals surface area contributed by atoms with Gasteiger partial charge in [-0.05, 0) is 62.3 Å². The quantitative estimate of drug-likeness (QED) is 0.571. The van der Waals surface area contributed by atoms with E-state index in [1.807, 2.05) is 17.5 Å². The molecule has 2 aromatic rings. The zero-order valence-electron chi connectivity index (χ0n) is 15.5. The van der Waals surface area contributed by atoms with E-state index in [-0.39, 0.29) is 11.4 Å². The Morgan fingerprint density at radius 3 is 2.92 bits per heavy atom. The lowest BCUT2D eigenvalue weighted by molar-refractivity contribution is 0.0959. The number of nitrogens with one attached hydrogen (secondary N) is 1. The van der Waals surface area contributed by atoms with Crippen LogP contribution in [-0.2, 0) is 0 Å². The Bertz CT molecular complexity index is 830. The highest BCUT2D eigenvalue weighted by molar-refractivity contribution is 7.12. The van der Waals surface area contributed by atoms with E-state index in [9.17, 15) is 4.79 Å². The molecule has 6 heteroatoms. The highest BCUT2D eigenvalue weighted by atomic mass is 35.5. The summed E-state index contributed by atoms with van der Waals surface area (Å²) in [5, 5.41) is 6.59. The van der Waals surface area contributed by atoms with Crippen molar-refractivity contribution in [3.8, 4) is 0 Å². The fourth-order valence-corrected chi connectivity index (χ4v) is 4.66. The van der Waals surface area contributed by atoms with Crippen molar-refractivity contribution in [1.29, 1.82) is 0 Å². The normalized spacial score (nSPS) is 18.8. The molecule has 1 unspecified atom stereocenters. The number of carbonyl (C=O) groups excluding carboxylic acids is 1. The first-order valence-corrected chi connectivity index (χ1v) is 10.1. The largest absolute Gasteiger partial charge is 0.366 e. The number of nitrogens with zero attached hydrogens (tertiary/aromatic N) is 2. The Balaban J connectivity index is 1.85. The van der Waals surface area contributed by atoms with Crippen molar-refractivity contribution in [3.63, 3.8) is 0 Å². The summed E-state index contributed by atoms with van der Waals surface area (Å²) in [4.78, 5) is 15.0. The van der Waals surface area contributed by atoms with E-state index in [4.69, 9.17) is 11.6 Å². The van der Waals surface area contributed by atoms with Crippen LogP contribution in [0.15, 0.2) is 34.7 Å². The van der Waals surface area contributed by atoms with Crippen LogP contribution in [0.1, 0.15) is 60.8 Å². The van der Waals surface area contributed by atoms with E-state index < -0.39 is 0 Å². The van der Waals surface area contributed by atoms with Gasteiger partial charge in [0, 0.05) is 23.3 Å². The Hall–Kier alpha value is -1.85. The van der Waals surface area contributed by atoms with E-state index in [0.29, 0.717) is 15.8 Å². The highest BCUT2D eigenvalue weighted by Crippen LogP contribution is 2.44. The number of hydrogen-bond donors (Lipinski definition) is 1. The lowest BCUT2D eigenvalue weighted by Crippen LogP contribution is -2.48. The summed E-state index contributed by atoms with van der Waals surface area (Å²) in [6.07, 6.45) is 2.71. The van der Waals surface area contributed by atoms with Gasteiger partial charge in [0.2, 0.25) is 0 Å². The number of hydrogen-bond acceptors (Lipinski definition) is 4. The summed E-state index contributed by atoms with van der Waals surface area (Å²) >= 11 is 7.89. The molecule has 0 spiro atoms. The first kappa shape index (κ1) is 18.9. The number of fused-ring (bicyclic) bond motifs is 1. The molecular formula is C20H24ClN3OS. The fraction of sp³-hybridized carbons (Fsp3) is 0.400. The second-order valence-electron chi connectivity index (χ2n) is 7.27. The van der Waals surface area contributed by atoms with Crippen molar-refractivity contribution in [2.75, 3.05) is 11.4 Å². The fourth-order valence-electron chi connectivity index (χ4n) is 3.84. The average molecular weight is 390 g/mol. The standard InChI is InChI=1S/C20H24ClN3OS/c1-5-24-17-10-16(21)14(9-15(17)13(2)11-20(24,3)4)12-22-23-19(25)18-7-6-8-26-18/h6-10,12-13H,5,11H2,1-4H3,(H,23,25)/b22-12+. The molecular weight excluding hydrogens is 366 g/mol. The van der Waals surface area contributed by atoms with Crippen LogP contribution in [0.5, 0.6) is 0 Å². The summed E-state index contributed by atoms with van der Waals surface area (Å²) in [7, 11) is 0. The second-order valence-corrected chi connectivity index (χ2v) is 8.63. The van der Waals surface area contributed by atoms with Gasteiger partial charge in [-0.2, -0.15) is 5.10 Å². The van der Waals surface area contributed by atoms with E-state index in [1.165, 1.54) is 22.6 Å². The van der Waals surface area contributed by atoms with Crippen LogP contribution in [0.4, 0.5) is 5.69 Å². The molecule has 1 atom stereocenters. The summed E-state index contributed by atoms with van der Waals surface area (Å²) in [5.74, 6) is 0.227. The maximum Gasteiger partial charge on any atom is 0.281 e. The number of benzene rings is 1. The SMILES string of the molecule is CCN1c2cc(Cl)c(/C=N/NC(=O)c3cccs3)cc2C(C)CC1(C)C. The summed E-state index contributed by atoms with van der Waals surface area (Å²) in [5.41, 5.74) is 5.96. The number of thiophene rings is 1. The van der Waals surface area contributed by atoms with Gasteiger partial charge in [-0.25, -0.2) is 5.43 Å². The number of hydrazone groups is 1. The minimum absolute atomic E-state index is 0.106. The van der Waals surface area contributed by atoms with Gasteiger partial charge in [0.1, 0.15) is 0 Å². The molecule has 0 radical (unpaired) electrons. The zero-order chi connectivity index (χ0) is 18.9. The Morgan fingerprint density at radius 2 is 2.27 bits per heavy atom. The van der Waals surface area contributed by atoms with Gasteiger partial charge >= 0.3 is 0 Å². The number of halogens is 1. The lowest BCUT2D eigenvalue weighted by Gasteiger charge is -2.47. The average Bonchev–Trinajstić information content (AvgIpc) is 3.10. The van der Waals surface area contributed by atoms with Crippen LogP contribution in [0.2, 0.25) is 5.02 Å². The number of rotatable bonds is 4. The Labute approximate surface area is 163 Å². The third kappa shape index (κ3) is 3.64. The molecule has 0 saturated carbocycles. The molecule has 1 aromatic heterocycles. The van der Waals surface area contributed by atoms with Gasteiger partial charge in [0.05, 0.1) is 16.1 Å². The van der Waals surface area contributed by atoms with Crippen LogP contribution in [0.3, 0.4) is 0 Å². The highest BCUT2D eigenvalue weighted by Gasteiger charge is 2.35. The van der Waals surface area contributed by atoms with E-state index >= 15 is 0 Å². The molecule has 1 N–H and O–H groups in total. The second kappa shape index (κ2) is 7.41. The predicted octanol–water partition coefficient (Wildman–Crippen LogP) is 5.28. The lowest BCUT2D eigenvalue weighted by atomic mass is 9.79. The van der Waals surface area contributed by atoms with Gasteiger partial charge in [-0.15, -0.1) is 11.3 Å². The van der Waals surface area contributed by atoms with Crippen molar-refractivity contribution in [1.82, 2.24) is 5.43 Å². The van der Waals surface area contributed by atoms with E-state index in [2.05, 4.69) is 49.2 Å². The number of carbonyl (C=O) groups is 1. The maximum absolute atomic E-state index is 12.0. The third-order valence-corrected chi connectivity index (χ3v) is 6.13. The van der Waals surface area contributed by atoms with Gasteiger partial charge in [0.25, 0.3) is 5.91 Å². The summed E-state index contributed by atoms with van der Waals surface area (Å²) in [6.45, 7) is 9.91. The number of anilines is 1. The zero-order valence-corrected chi connectivity index (χ0v) is 17.1. The van der Waals surface area contributed by atoms with Crippen LogP contribution >= 0.6 is 22.9 Å². The van der Waals surface area contributed by atoms with Crippen molar-refractivity contribution in [2.24, 2.45) is 5.10 Å². The van der Waals surface area contributed by atoms with Crippen molar-refractivity contribution < 1.29 is 4.79 Å². The molecule has 0 bridgehead atoms. The summed E-state index contributed by atoms with van der Waals surface area (Å²) < 4.78 is 0. The van der Waals surface area contributed by atoms with Gasteiger partial charge in [-0.3, -0.25) is 4.79 Å². The smallest absolute Gasteiger partial charge is 0.281 e. The Kier molecular flexibility index (Phi) is 5.39. The van der Waals surface area contributed by atoms with Gasteiger partial charge in [0.15, 0.2) is 0 Å². The monoisotopic (exact) mass is 389 g/mol. The maximum atomic E-state index is 12.0. The van der Waals surface area contributed by atoms with Crippen molar-refractivity contribution >= 4 is 40.7 Å². The predicted molar refractivity (Wildman–Crippen MR) is 111 cm³/mol. The molecule has 26 heavy (non-hydrogen) atoms. The third-order valence-electron chi connectivity index (χ3n) is 4.94. The molecule has 3 rings (SSSR count). The minimum atomic E-state index is -0.211. The molecule has 1 aromatic carbocycles. The van der Waals surface area contributed by atoms with Crippen molar-refractivity contribution in [2.45, 2.75) is 45.6 Å². The molecule has 1 amide bonds. The number of amides is 1. The van der Waals surface area contributed by atoms with Crippen LogP contribution in [0.25, 0.3) is 0 Å². The first-order chi connectivity index (χ1) is 12.3. The molecule has 0 fully saturated rings. The molecule has 2 heterocycles. The van der Waals surface area contributed by atoms with E-state index in [0.717, 1.165) is 18.5 Å². The first-order valence-electron chi connectivity index (χ1n) is 8.81. The van der Waals surface area contributed by atoms with Gasteiger partial charge < -0.3 is 4.90 Å². The molecule has 4 nitrogen and oxygen atoms in total. The Morgan fingerprint density at radius 1 is 1.50 bits per heavy atom. The van der Waals surface area contributed by atoms with Gasteiger partial charge in [-0.1, -0.05) is 24.6 Å². The van der Waals surface area contributed by atoms with Crippen LogP contribution in [0, 0.1) is 0 Å². The molecule has 0 saturated heterocycles. The molecule has 138 valence electrons.